The Morgan fingerprint density at radius 3 is 2.17 bits per heavy atom. The molecule has 5 nitrogen and oxygen atoms in total. The number of hydrogen-bond donors (Lipinski definition) is 2. The fraction of sp³-hybridized carbons (Fsp3) is 0.448. The number of hydrogen-bond acceptors (Lipinski definition) is 4. The lowest BCUT2D eigenvalue weighted by Crippen LogP contribution is -2.45. The molecule has 2 rings (SSSR count). The molecule has 0 fully saturated rings. The molecule has 2 aromatic carbocycles. The quantitative estimate of drug-likeness (QED) is 0.365. The lowest BCUT2D eigenvalue weighted by atomic mass is 9.88. The van der Waals surface area contributed by atoms with Crippen LogP contribution in [0, 0.1) is 45.2 Å². The van der Waals surface area contributed by atoms with E-state index >= 15 is 8.78 Å². The fourth-order valence-corrected chi connectivity index (χ4v) is 4.64. The smallest absolute Gasteiger partial charge is 0.308 e. The zero-order valence-electron chi connectivity index (χ0n) is 22.4. The van der Waals surface area contributed by atoms with Crippen LogP contribution in [0.4, 0.5) is 8.78 Å². The Morgan fingerprint density at radius 2 is 1.64 bits per heavy atom. The summed E-state index contributed by atoms with van der Waals surface area (Å²) < 4.78 is 36.8. The Balaban J connectivity index is 2.67. The van der Waals surface area contributed by atoms with Gasteiger partial charge in [0.25, 0.3) is 0 Å². The van der Waals surface area contributed by atoms with Crippen LogP contribution in [0.3, 0.4) is 0 Å². The Morgan fingerprint density at radius 1 is 1.03 bits per heavy atom. The maximum atomic E-state index is 16.2. The predicted molar refractivity (Wildman–Crippen MR) is 139 cm³/mol. The lowest BCUT2D eigenvalue weighted by Gasteiger charge is -2.26. The van der Waals surface area contributed by atoms with Crippen molar-refractivity contribution in [2.24, 2.45) is 5.92 Å². The first kappa shape index (κ1) is 29.0. The van der Waals surface area contributed by atoms with E-state index in [1.165, 1.54) is 12.3 Å². The average Bonchev–Trinajstić information content (AvgIpc) is 2.76. The molecule has 0 spiro atoms. The van der Waals surface area contributed by atoms with Crippen LogP contribution >= 0.6 is 0 Å². The van der Waals surface area contributed by atoms with Gasteiger partial charge in [0.2, 0.25) is 5.91 Å². The van der Waals surface area contributed by atoms with Gasteiger partial charge in [-0.25, -0.2) is 8.78 Å². The molecule has 0 saturated carbocycles. The Labute approximate surface area is 213 Å². The van der Waals surface area contributed by atoms with E-state index in [1.807, 2.05) is 46.8 Å². The third kappa shape index (κ3) is 6.93. The number of esters is 1. The standard InChI is InChI=1S/C29H38F2N2O3/c1-9-32-23(11-16(3)4)29(35)33-22(15-24(34)36-10-2)26-27(30)20(8)14-21(28(26)31)25-18(6)12-17(5)13-19(25)7/h9,12-14,16,22-23,32H,1,10-11,15H2,2-8H3,(H,33,35)/t22-,23?/m0/s1. The largest absolute Gasteiger partial charge is 0.466 e. The van der Waals surface area contributed by atoms with Gasteiger partial charge in [0.1, 0.15) is 17.7 Å². The minimum atomic E-state index is -1.26. The summed E-state index contributed by atoms with van der Waals surface area (Å²) in [6.07, 6.45) is 1.46. The van der Waals surface area contributed by atoms with Crippen LogP contribution in [-0.2, 0) is 14.3 Å². The molecular formula is C29H38F2N2O3. The summed E-state index contributed by atoms with van der Waals surface area (Å²) in [7, 11) is 0. The van der Waals surface area contributed by atoms with E-state index in [-0.39, 0.29) is 29.2 Å². The maximum absolute atomic E-state index is 16.2. The summed E-state index contributed by atoms with van der Waals surface area (Å²) in [6, 6.07) is 3.42. The van der Waals surface area contributed by atoms with E-state index in [0.717, 1.165) is 16.7 Å². The number of carbonyl (C=O) groups is 2. The second-order valence-corrected chi connectivity index (χ2v) is 9.68. The highest BCUT2D eigenvalue weighted by Gasteiger charge is 2.31. The molecule has 196 valence electrons. The molecule has 2 atom stereocenters. The highest BCUT2D eigenvalue weighted by Crippen LogP contribution is 2.37. The van der Waals surface area contributed by atoms with Crippen molar-refractivity contribution < 1.29 is 23.1 Å². The first-order chi connectivity index (χ1) is 16.9. The van der Waals surface area contributed by atoms with Gasteiger partial charge >= 0.3 is 5.97 Å². The average molecular weight is 501 g/mol. The number of nitrogens with one attached hydrogen (secondary N) is 2. The van der Waals surface area contributed by atoms with Gasteiger partial charge in [-0.05, 0) is 81.5 Å². The van der Waals surface area contributed by atoms with Gasteiger partial charge in [-0.15, -0.1) is 0 Å². The van der Waals surface area contributed by atoms with Crippen molar-refractivity contribution in [1.82, 2.24) is 10.6 Å². The number of carbonyl (C=O) groups excluding carboxylic acids is 2. The summed E-state index contributed by atoms with van der Waals surface area (Å²) >= 11 is 0. The van der Waals surface area contributed by atoms with Crippen molar-refractivity contribution >= 4 is 11.9 Å². The first-order valence-electron chi connectivity index (χ1n) is 12.3. The molecule has 0 aliphatic rings. The normalized spacial score (nSPS) is 12.7. The van der Waals surface area contributed by atoms with E-state index < -0.39 is 42.0 Å². The molecule has 0 heterocycles. The van der Waals surface area contributed by atoms with Gasteiger partial charge in [-0.3, -0.25) is 9.59 Å². The maximum Gasteiger partial charge on any atom is 0.308 e. The zero-order chi connectivity index (χ0) is 27.2. The van der Waals surface area contributed by atoms with Crippen LogP contribution < -0.4 is 10.6 Å². The summed E-state index contributed by atoms with van der Waals surface area (Å²) in [5, 5.41) is 5.60. The van der Waals surface area contributed by atoms with Crippen molar-refractivity contribution in [1.29, 1.82) is 0 Å². The zero-order valence-corrected chi connectivity index (χ0v) is 22.4. The number of benzene rings is 2. The van der Waals surface area contributed by atoms with Gasteiger partial charge in [0.05, 0.1) is 19.1 Å². The van der Waals surface area contributed by atoms with Gasteiger partial charge in [0.15, 0.2) is 0 Å². The van der Waals surface area contributed by atoms with Crippen LogP contribution in [0.1, 0.15) is 67.5 Å². The molecule has 2 N–H and O–H groups in total. The van der Waals surface area contributed by atoms with Gasteiger partial charge in [0, 0.05) is 11.1 Å². The van der Waals surface area contributed by atoms with Crippen molar-refractivity contribution in [2.75, 3.05) is 6.61 Å². The molecule has 36 heavy (non-hydrogen) atoms. The van der Waals surface area contributed by atoms with Crippen molar-refractivity contribution in [3.63, 3.8) is 0 Å². The number of rotatable bonds is 11. The summed E-state index contributed by atoms with van der Waals surface area (Å²) in [4.78, 5) is 25.6. The highest BCUT2D eigenvalue weighted by atomic mass is 19.1. The van der Waals surface area contributed by atoms with E-state index in [1.54, 1.807) is 13.8 Å². The monoisotopic (exact) mass is 500 g/mol. The Kier molecular flexibility index (Phi) is 10.2. The molecule has 0 bridgehead atoms. The second-order valence-electron chi connectivity index (χ2n) is 9.68. The second kappa shape index (κ2) is 12.7. The third-order valence-electron chi connectivity index (χ3n) is 6.05. The Bertz CT molecular complexity index is 1100. The van der Waals surface area contributed by atoms with Crippen LogP contribution in [0.25, 0.3) is 11.1 Å². The number of amides is 1. The van der Waals surface area contributed by atoms with Crippen molar-refractivity contribution in [2.45, 2.75) is 73.4 Å². The van der Waals surface area contributed by atoms with Gasteiger partial charge in [-0.2, -0.15) is 0 Å². The third-order valence-corrected chi connectivity index (χ3v) is 6.05. The molecular weight excluding hydrogens is 462 g/mol. The minimum absolute atomic E-state index is 0.110. The molecule has 2 aromatic rings. The topological polar surface area (TPSA) is 67.4 Å². The molecule has 0 aliphatic heterocycles. The molecule has 0 aromatic heterocycles. The van der Waals surface area contributed by atoms with E-state index in [9.17, 15) is 9.59 Å². The van der Waals surface area contributed by atoms with Gasteiger partial charge in [-0.1, -0.05) is 38.1 Å². The summed E-state index contributed by atoms with van der Waals surface area (Å²) in [6.45, 7) is 16.6. The predicted octanol–water partition coefficient (Wildman–Crippen LogP) is 6.12. The number of ether oxygens (including phenoxy) is 1. The van der Waals surface area contributed by atoms with E-state index in [2.05, 4.69) is 17.2 Å². The minimum Gasteiger partial charge on any atom is -0.466 e. The highest BCUT2D eigenvalue weighted by molar-refractivity contribution is 5.83. The summed E-state index contributed by atoms with van der Waals surface area (Å²) in [5.41, 5.74) is 3.48. The fourth-order valence-electron chi connectivity index (χ4n) is 4.64. The lowest BCUT2D eigenvalue weighted by molar-refractivity contribution is -0.143. The molecule has 0 radical (unpaired) electrons. The molecule has 1 unspecified atom stereocenters. The number of halogens is 2. The molecule has 0 aliphatic carbocycles. The molecule has 0 saturated heterocycles. The van der Waals surface area contributed by atoms with E-state index in [4.69, 9.17) is 4.74 Å². The SMILES string of the molecule is C=CNC(CC(C)C)C(=O)N[C@@H](CC(=O)OCC)c1c(F)c(C)cc(-c2c(C)cc(C)cc2C)c1F. The van der Waals surface area contributed by atoms with Crippen molar-refractivity contribution in [3.05, 3.63) is 70.4 Å². The summed E-state index contributed by atoms with van der Waals surface area (Å²) in [5.74, 6) is -2.58. The first-order valence-corrected chi connectivity index (χ1v) is 12.3. The van der Waals surface area contributed by atoms with Crippen LogP contribution in [0.5, 0.6) is 0 Å². The van der Waals surface area contributed by atoms with E-state index in [0.29, 0.717) is 12.0 Å². The molecule has 1 amide bonds. The molecule has 7 heteroatoms. The van der Waals surface area contributed by atoms with Crippen LogP contribution in [0.15, 0.2) is 31.0 Å². The van der Waals surface area contributed by atoms with Gasteiger partial charge < -0.3 is 15.4 Å². The van der Waals surface area contributed by atoms with Crippen LogP contribution in [-0.4, -0.2) is 24.5 Å². The number of aryl methyl sites for hydroxylation is 4. The van der Waals surface area contributed by atoms with Crippen LogP contribution in [0.2, 0.25) is 0 Å². The van der Waals surface area contributed by atoms with Crippen molar-refractivity contribution in [3.8, 4) is 11.1 Å². The Hall–Kier alpha value is -3.22.